The number of benzene rings is 2. The summed E-state index contributed by atoms with van der Waals surface area (Å²) >= 11 is 6.14. The average molecular weight is 556 g/mol. The Bertz CT molecular complexity index is 884. The number of anilines is 1. The first-order chi connectivity index (χ1) is 14.6. The lowest BCUT2D eigenvalue weighted by atomic mass is 10.1. The minimum atomic E-state index is -0.0636. The molecule has 1 amide bonds. The summed E-state index contributed by atoms with van der Waals surface area (Å²) in [7, 11) is 1.65. The number of nitrogens with one attached hydrogen (secondary N) is 2. The highest BCUT2D eigenvalue weighted by Crippen LogP contribution is 2.20. The second-order valence-corrected chi connectivity index (χ2v) is 7.66. The molecule has 2 aromatic carbocycles. The van der Waals surface area contributed by atoms with Crippen molar-refractivity contribution in [2.75, 3.05) is 51.2 Å². The van der Waals surface area contributed by atoms with Gasteiger partial charge in [0.1, 0.15) is 0 Å². The fraction of sp³-hybridized carbons (Fsp3) is 0.391. The van der Waals surface area contributed by atoms with E-state index in [2.05, 4.69) is 33.4 Å². The van der Waals surface area contributed by atoms with Gasteiger partial charge in [-0.05, 0) is 49.2 Å². The van der Waals surface area contributed by atoms with E-state index in [1.165, 1.54) is 5.69 Å². The van der Waals surface area contributed by atoms with E-state index in [0.29, 0.717) is 12.1 Å². The van der Waals surface area contributed by atoms with Gasteiger partial charge in [0.15, 0.2) is 5.96 Å². The lowest BCUT2D eigenvalue weighted by Gasteiger charge is -2.37. The molecule has 6 nitrogen and oxygen atoms in total. The number of guanidine groups is 1. The van der Waals surface area contributed by atoms with Crippen molar-refractivity contribution in [3.8, 4) is 0 Å². The van der Waals surface area contributed by atoms with Crippen LogP contribution in [0.25, 0.3) is 0 Å². The molecule has 31 heavy (non-hydrogen) atoms. The van der Waals surface area contributed by atoms with Crippen LogP contribution in [0.1, 0.15) is 22.8 Å². The summed E-state index contributed by atoms with van der Waals surface area (Å²) in [5.41, 5.74) is 2.96. The van der Waals surface area contributed by atoms with Crippen LogP contribution in [-0.4, -0.2) is 63.1 Å². The maximum absolute atomic E-state index is 11.8. The van der Waals surface area contributed by atoms with Gasteiger partial charge in [-0.3, -0.25) is 9.79 Å². The van der Waals surface area contributed by atoms with Gasteiger partial charge in [-0.2, -0.15) is 0 Å². The first kappa shape index (κ1) is 25.3. The Morgan fingerprint density at radius 1 is 1.10 bits per heavy atom. The lowest BCUT2D eigenvalue weighted by Crippen LogP contribution is -2.52. The zero-order valence-corrected chi connectivity index (χ0v) is 21.2. The van der Waals surface area contributed by atoms with Crippen molar-refractivity contribution in [3.63, 3.8) is 0 Å². The quantitative estimate of drug-likeness (QED) is 0.325. The normalized spacial score (nSPS) is 14.1. The van der Waals surface area contributed by atoms with Gasteiger partial charge in [-0.25, -0.2) is 0 Å². The van der Waals surface area contributed by atoms with E-state index < -0.39 is 0 Å². The smallest absolute Gasteiger partial charge is 0.251 e. The highest BCUT2D eigenvalue weighted by Gasteiger charge is 2.20. The molecule has 1 fully saturated rings. The van der Waals surface area contributed by atoms with Crippen LogP contribution in [0.2, 0.25) is 5.02 Å². The van der Waals surface area contributed by atoms with Gasteiger partial charge in [0.2, 0.25) is 0 Å². The number of carbonyl (C=O) groups is 1. The number of piperazine rings is 1. The lowest BCUT2D eigenvalue weighted by molar-refractivity contribution is 0.0963. The average Bonchev–Trinajstić information content (AvgIpc) is 2.78. The monoisotopic (exact) mass is 555 g/mol. The van der Waals surface area contributed by atoms with Crippen LogP contribution in [0, 0.1) is 0 Å². The SMILES string of the molecule is CCNC(=NCCc1cccc(C(=O)NC)c1)N1CCN(c2cccc(Cl)c2)CC1.I. The number of hydrogen-bond acceptors (Lipinski definition) is 3. The molecule has 1 heterocycles. The number of nitrogens with zero attached hydrogens (tertiary/aromatic N) is 3. The Labute approximate surface area is 207 Å². The van der Waals surface area contributed by atoms with Gasteiger partial charge >= 0.3 is 0 Å². The molecule has 0 unspecified atom stereocenters. The summed E-state index contributed by atoms with van der Waals surface area (Å²) in [6.45, 7) is 7.27. The van der Waals surface area contributed by atoms with E-state index in [-0.39, 0.29) is 29.9 Å². The van der Waals surface area contributed by atoms with Crippen molar-refractivity contribution < 1.29 is 4.79 Å². The largest absolute Gasteiger partial charge is 0.368 e. The summed E-state index contributed by atoms with van der Waals surface area (Å²) in [5, 5.41) is 6.85. The zero-order chi connectivity index (χ0) is 21.3. The summed E-state index contributed by atoms with van der Waals surface area (Å²) in [6.07, 6.45) is 0.794. The van der Waals surface area contributed by atoms with Crippen LogP contribution in [0.4, 0.5) is 5.69 Å². The second-order valence-electron chi connectivity index (χ2n) is 7.22. The van der Waals surface area contributed by atoms with Crippen LogP contribution >= 0.6 is 35.6 Å². The summed E-state index contributed by atoms with van der Waals surface area (Å²) in [4.78, 5) is 21.3. The van der Waals surface area contributed by atoms with Crippen molar-refractivity contribution in [1.82, 2.24) is 15.5 Å². The molecule has 0 spiro atoms. The number of halogens is 2. The number of aliphatic imine (C=N–C) groups is 1. The number of hydrogen-bond donors (Lipinski definition) is 2. The third-order valence-electron chi connectivity index (χ3n) is 5.17. The molecule has 8 heteroatoms. The van der Waals surface area contributed by atoms with Gasteiger partial charge in [-0.1, -0.05) is 29.8 Å². The molecule has 0 bridgehead atoms. The third kappa shape index (κ3) is 7.28. The molecule has 0 aliphatic carbocycles. The number of amides is 1. The standard InChI is InChI=1S/C23H30ClN5O.HI/c1-3-26-23(27-11-10-18-6-4-7-19(16-18)22(30)25-2)29-14-12-28(13-15-29)21-9-5-8-20(24)17-21;/h4-9,16-17H,3,10-15H2,1-2H3,(H,25,30)(H,26,27);1H. The Kier molecular flexibility index (Phi) is 10.4. The molecule has 3 rings (SSSR count). The van der Waals surface area contributed by atoms with E-state index in [1.807, 2.05) is 42.5 Å². The Balaban J connectivity index is 0.00000341. The molecule has 1 aliphatic heterocycles. The third-order valence-corrected chi connectivity index (χ3v) is 5.40. The van der Waals surface area contributed by atoms with E-state index in [4.69, 9.17) is 16.6 Å². The van der Waals surface area contributed by atoms with E-state index >= 15 is 0 Å². The van der Waals surface area contributed by atoms with Crippen LogP contribution in [0.5, 0.6) is 0 Å². The molecule has 0 atom stereocenters. The molecule has 0 radical (unpaired) electrons. The minimum absolute atomic E-state index is 0. The molecular weight excluding hydrogens is 525 g/mol. The Morgan fingerprint density at radius 3 is 2.52 bits per heavy atom. The van der Waals surface area contributed by atoms with Gasteiger partial charge in [-0.15, -0.1) is 24.0 Å². The predicted octanol–water partition coefficient (Wildman–Crippen LogP) is 3.65. The van der Waals surface area contributed by atoms with Crippen molar-refractivity contribution in [3.05, 3.63) is 64.7 Å². The van der Waals surface area contributed by atoms with Gasteiger partial charge < -0.3 is 20.4 Å². The Hall–Kier alpha value is -2.00. The number of rotatable bonds is 6. The van der Waals surface area contributed by atoms with Crippen LogP contribution in [-0.2, 0) is 6.42 Å². The van der Waals surface area contributed by atoms with Gasteiger partial charge in [0.25, 0.3) is 5.91 Å². The van der Waals surface area contributed by atoms with Crippen molar-refractivity contribution in [2.24, 2.45) is 4.99 Å². The summed E-state index contributed by atoms with van der Waals surface area (Å²) in [5.74, 6) is 0.886. The van der Waals surface area contributed by atoms with Crippen LogP contribution in [0.3, 0.4) is 0 Å². The molecule has 2 aromatic rings. The molecule has 0 aromatic heterocycles. The number of carbonyl (C=O) groups excluding carboxylic acids is 1. The van der Waals surface area contributed by atoms with Crippen molar-refractivity contribution in [1.29, 1.82) is 0 Å². The molecule has 0 saturated carbocycles. The van der Waals surface area contributed by atoms with E-state index in [9.17, 15) is 4.79 Å². The Morgan fingerprint density at radius 2 is 1.84 bits per heavy atom. The maximum Gasteiger partial charge on any atom is 0.251 e. The first-order valence-corrected chi connectivity index (χ1v) is 10.8. The van der Waals surface area contributed by atoms with Gasteiger partial charge in [0.05, 0.1) is 0 Å². The first-order valence-electron chi connectivity index (χ1n) is 10.5. The molecule has 2 N–H and O–H groups in total. The summed E-state index contributed by atoms with van der Waals surface area (Å²) < 4.78 is 0. The van der Waals surface area contributed by atoms with E-state index in [1.54, 1.807) is 7.05 Å². The highest BCUT2D eigenvalue weighted by atomic mass is 127. The predicted molar refractivity (Wildman–Crippen MR) is 140 cm³/mol. The van der Waals surface area contributed by atoms with Crippen molar-refractivity contribution >= 4 is 53.1 Å². The second kappa shape index (κ2) is 12.8. The highest BCUT2D eigenvalue weighted by molar-refractivity contribution is 14.0. The fourth-order valence-corrected chi connectivity index (χ4v) is 3.76. The molecule has 1 aliphatic rings. The summed E-state index contributed by atoms with van der Waals surface area (Å²) in [6, 6.07) is 15.7. The minimum Gasteiger partial charge on any atom is -0.368 e. The molecule has 168 valence electrons. The van der Waals surface area contributed by atoms with Gasteiger partial charge in [0, 0.05) is 62.6 Å². The molecular formula is C23H31ClIN5O. The van der Waals surface area contributed by atoms with E-state index in [0.717, 1.165) is 55.7 Å². The van der Waals surface area contributed by atoms with Crippen LogP contribution < -0.4 is 15.5 Å². The molecule has 1 saturated heterocycles. The van der Waals surface area contributed by atoms with Crippen molar-refractivity contribution in [2.45, 2.75) is 13.3 Å². The maximum atomic E-state index is 11.8. The topological polar surface area (TPSA) is 60.0 Å². The fourth-order valence-electron chi connectivity index (χ4n) is 3.58. The zero-order valence-electron chi connectivity index (χ0n) is 18.1. The van der Waals surface area contributed by atoms with Crippen LogP contribution in [0.15, 0.2) is 53.5 Å².